The summed E-state index contributed by atoms with van der Waals surface area (Å²) in [5.41, 5.74) is 11.4. The van der Waals surface area contributed by atoms with Crippen LogP contribution in [0, 0.1) is 0 Å². The van der Waals surface area contributed by atoms with Gasteiger partial charge in [0.1, 0.15) is 0 Å². The minimum atomic E-state index is 0.605. The first kappa shape index (κ1) is 37.2. The van der Waals surface area contributed by atoms with Gasteiger partial charge in [0.2, 0.25) is 0 Å². The largest absolute Gasteiger partial charge is 0.384 e. The van der Waals surface area contributed by atoms with E-state index < -0.39 is 0 Å². The van der Waals surface area contributed by atoms with Gasteiger partial charge < -0.3 is 5.32 Å². The van der Waals surface area contributed by atoms with Gasteiger partial charge in [0.25, 0.3) is 0 Å². The molecule has 0 saturated carbocycles. The molecule has 0 bridgehead atoms. The van der Waals surface area contributed by atoms with E-state index in [-0.39, 0.29) is 0 Å². The van der Waals surface area contributed by atoms with Gasteiger partial charge in [-0.1, -0.05) is 170 Å². The third kappa shape index (κ3) is 6.95. The van der Waals surface area contributed by atoms with E-state index in [1.54, 1.807) is 0 Å². The molecule has 0 radical (unpaired) electrons. The van der Waals surface area contributed by atoms with E-state index in [0.29, 0.717) is 17.5 Å². The summed E-state index contributed by atoms with van der Waals surface area (Å²) in [5.74, 6) is 1.85. The summed E-state index contributed by atoms with van der Waals surface area (Å²) < 4.78 is 0. The van der Waals surface area contributed by atoms with E-state index >= 15 is 0 Å². The first-order valence-electron chi connectivity index (χ1n) is 21.7. The third-order valence-electron chi connectivity index (χ3n) is 12.3. The fourth-order valence-electron chi connectivity index (χ4n) is 9.03. The molecule has 5 nitrogen and oxygen atoms in total. The molecule has 1 aromatic heterocycles. The van der Waals surface area contributed by atoms with Gasteiger partial charge in [-0.25, -0.2) is 15.0 Å². The normalized spacial score (nSPS) is 12.5. The van der Waals surface area contributed by atoms with Crippen LogP contribution in [0.15, 0.2) is 217 Å². The number of rotatable bonds is 7. The van der Waals surface area contributed by atoms with Gasteiger partial charge in [0.15, 0.2) is 17.5 Å². The average Bonchev–Trinajstić information content (AvgIpc) is 3.38. The van der Waals surface area contributed by atoms with E-state index in [2.05, 4.69) is 217 Å². The summed E-state index contributed by atoms with van der Waals surface area (Å²) in [4.78, 5) is 20.3. The molecule has 0 aliphatic carbocycles. The zero-order chi connectivity index (χ0) is 42.4. The molecule has 12 rings (SSSR count). The van der Waals surface area contributed by atoms with Crippen molar-refractivity contribution in [3.8, 4) is 67.5 Å². The Morgan fingerprint density at radius 2 is 0.766 bits per heavy atom. The summed E-state index contributed by atoms with van der Waals surface area (Å²) in [6.07, 6.45) is 3.87. The second-order valence-electron chi connectivity index (χ2n) is 16.3. The summed E-state index contributed by atoms with van der Waals surface area (Å²) in [7, 11) is 0. The van der Waals surface area contributed by atoms with E-state index in [1.165, 1.54) is 43.4 Å². The highest BCUT2D eigenvalue weighted by Gasteiger charge is 2.17. The van der Waals surface area contributed by atoms with Crippen LogP contribution < -0.4 is 5.32 Å². The van der Waals surface area contributed by atoms with E-state index in [1.807, 2.05) is 12.4 Å². The third-order valence-corrected chi connectivity index (χ3v) is 12.3. The number of nitrogens with zero attached hydrogens (tertiary/aromatic N) is 4. The molecule has 300 valence electrons. The number of fused-ring (bicyclic) bond motifs is 5. The van der Waals surface area contributed by atoms with Crippen molar-refractivity contribution in [2.75, 3.05) is 6.54 Å². The summed E-state index contributed by atoms with van der Waals surface area (Å²) >= 11 is 0. The van der Waals surface area contributed by atoms with Crippen molar-refractivity contribution in [1.29, 1.82) is 0 Å². The lowest BCUT2D eigenvalue weighted by Gasteiger charge is -2.14. The molecular formula is C59H39N5. The SMILES string of the molecule is C1=NC(c2ccc(-c3cc(-c4ccc(-c5cc6ccccc6c6ccccc56)cc4)cc(-c4nc(-c5ccc6ccccc6c5)nc(-c5ccc6ccccc6c5)n4)c3)cc2)=CNC1. The van der Waals surface area contributed by atoms with Crippen LogP contribution in [0.2, 0.25) is 0 Å². The number of hydrogen-bond donors (Lipinski definition) is 1. The van der Waals surface area contributed by atoms with Crippen molar-refractivity contribution >= 4 is 55.0 Å². The quantitative estimate of drug-likeness (QED) is 0.163. The molecular weight excluding hydrogens is 779 g/mol. The highest BCUT2D eigenvalue weighted by Crippen LogP contribution is 2.38. The zero-order valence-electron chi connectivity index (χ0n) is 34.8. The number of aromatic nitrogens is 3. The molecule has 1 N–H and O–H groups in total. The Bertz CT molecular complexity index is 3560. The first-order chi connectivity index (χ1) is 31.7. The molecule has 1 aliphatic heterocycles. The van der Waals surface area contributed by atoms with Gasteiger partial charge >= 0.3 is 0 Å². The summed E-state index contributed by atoms with van der Waals surface area (Å²) in [5, 5.41) is 12.9. The predicted molar refractivity (Wildman–Crippen MR) is 267 cm³/mol. The van der Waals surface area contributed by atoms with Gasteiger partial charge in [-0.3, -0.25) is 4.99 Å². The monoisotopic (exact) mass is 817 g/mol. The van der Waals surface area contributed by atoms with Gasteiger partial charge in [0, 0.05) is 41.2 Å². The Hall–Kier alpha value is -8.54. The number of nitrogens with one attached hydrogen (secondary N) is 1. The molecule has 11 aromatic rings. The van der Waals surface area contributed by atoms with Crippen molar-refractivity contribution in [2.45, 2.75) is 0 Å². The zero-order valence-corrected chi connectivity index (χ0v) is 34.8. The maximum absolute atomic E-state index is 5.27. The number of benzene rings is 10. The van der Waals surface area contributed by atoms with E-state index in [0.717, 1.165) is 67.5 Å². The number of aliphatic imine (C=N–C) groups is 1. The van der Waals surface area contributed by atoms with Crippen LogP contribution >= 0.6 is 0 Å². The summed E-state index contributed by atoms with van der Waals surface area (Å²) in [6, 6.07) is 73.6. The Morgan fingerprint density at radius 3 is 1.34 bits per heavy atom. The highest BCUT2D eigenvalue weighted by molar-refractivity contribution is 6.13. The highest BCUT2D eigenvalue weighted by atomic mass is 15.0. The van der Waals surface area contributed by atoms with Crippen molar-refractivity contribution in [1.82, 2.24) is 20.3 Å². The lowest BCUT2D eigenvalue weighted by Crippen LogP contribution is -2.12. The molecule has 0 unspecified atom stereocenters. The fourth-order valence-corrected chi connectivity index (χ4v) is 9.03. The minimum absolute atomic E-state index is 0.605. The standard InChI is InChI=1S/C59H39N5/c1-3-11-44-31-47(27-21-38(44)9-1)57-62-58(48-28-22-39-10-2-4-12-45(39)32-48)64-59(63-57)51-34-49(33-50(35-51)41-19-25-43(26-20-41)56-37-60-29-30-61-56)40-17-23-42(24-18-40)55-36-46-13-5-6-14-52(46)53-15-7-8-16-54(53)55/h1-28,30-37,60H,29H2. The molecule has 2 heterocycles. The van der Waals surface area contributed by atoms with Crippen molar-refractivity contribution in [2.24, 2.45) is 4.99 Å². The van der Waals surface area contributed by atoms with Crippen LogP contribution in [-0.2, 0) is 0 Å². The molecule has 10 aromatic carbocycles. The molecule has 1 aliphatic rings. The maximum Gasteiger partial charge on any atom is 0.164 e. The van der Waals surface area contributed by atoms with Crippen molar-refractivity contribution in [3.63, 3.8) is 0 Å². The van der Waals surface area contributed by atoms with Crippen molar-refractivity contribution < 1.29 is 0 Å². The van der Waals surface area contributed by atoms with Crippen LogP contribution in [0.1, 0.15) is 5.56 Å². The van der Waals surface area contributed by atoms with Crippen LogP contribution in [-0.4, -0.2) is 27.7 Å². The van der Waals surface area contributed by atoms with Gasteiger partial charge in [-0.15, -0.1) is 0 Å². The second-order valence-corrected chi connectivity index (χ2v) is 16.3. The Morgan fingerprint density at radius 1 is 0.312 bits per heavy atom. The average molecular weight is 818 g/mol. The van der Waals surface area contributed by atoms with Crippen LogP contribution in [0.4, 0.5) is 0 Å². The van der Waals surface area contributed by atoms with E-state index in [4.69, 9.17) is 15.0 Å². The summed E-state index contributed by atoms with van der Waals surface area (Å²) in [6.45, 7) is 0.735. The smallest absolute Gasteiger partial charge is 0.164 e. The predicted octanol–water partition coefficient (Wildman–Crippen LogP) is 14.5. The topological polar surface area (TPSA) is 63.1 Å². The van der Waals surface area contributed by atoms with Crippen LogP contribution in [0.3, 0.4) is 0 Å². The van der Waals surface area contributed by atoms with Crippen molar-refractivity contribution in [3.05, 3.63) is 218 Å². The maximum atomic E-state index is 5.27. The van der Waals surface area contributed by atoms with Crippen LogP contribution in [0.5, 0.6) is 0 Å². The fraction of sp³-hybridized carbons (Fsp3) is 0.0169. The molecule has 0 fully saturated rings. The second kappa shape index (κ2) is 15.7. The Balaban J connectivity index is 1.02. The number of hydrogen-bond acceptors (Lipinski definition) is 5. The molecule has 0 atom stereocenters. The Kier molecular flexibility index (Phi) is 9.16. The van der Waals surface area contributed by atoms with Gasteiger partial charge in [-0.2, -0.15) is 0 Å². The van der Waals surface area contributed by atoms with Gasteiger partial charge in [-0.05, 0) is 113 Å². The molecule has 0 amide bonds. The van der Waals surface area contributed by atoms with E-state index in [9.17, 15) is 0 Å². The van der Waals surface area contributed by atoms with Crippen LogP contribution in [0.25, 0.3) is 116 Å². The van der Waals surface area contributed by atoms with Gasteiger partial charge in [0.05, 0.1) is 5.70 Å². The minimum Gasteiger partial charge on any atom is -0.384 e. The molecule has 0 spiro atoms. The lowest BCUT2D eigenvalue weighted by molar-refractivity contribution is 1.01. The molecule has 0 saturated heterocycles. The lowest BCUT2D eigenvalue weighted by atomic mass is 9.91. The molecule has 5 heteroatoms. The first-order valence-corrected chi connectivity index (χ1v) is 21.7. The molecule has 64 heavy (non-hydrogen) atoms. The Labute approximate surface area is 370 Å².